The predicted octanol–water partition coefficient (Wildman–Crippen LogP) is 2.60. The first-order chi connectivity index (χ1) is 11.9. The van der Waals surface area contributed by atoms with Crippen LogP contribution in [-0.4, -0.2) is 27.6 Å². The Hall–Kier alpha value is -2.38. The number of nitrogens with zero attached hydrogens (tertiary/aromatic N) is 1. The molecule has 1 saturated heterocycles. The quantitative estimate of drug-likeness (QED) is 0.593. The Morgan fingerprint density at radius 1 is 1.28 bits per heavy atom. The van der Waals surface area contributed by atoms with Crippen molar-refractivity contribution in [3.05, 3.63) is 52.6 Å². The first kappa shape index (κ1) is 17.4. The molecule has 0 radical (unpaired) electrons. The summed E-state index contributed by atoms with van der Waals surface area (Å²) in [6.45, 7) is 2.02. The van der Waals surface area contributed by atoms with Crippen LogP contribution in [0.15, 0.2) is 45.7 Å². The van der Waals surface area contributed by atoms with E-state index in [4.69, 9.17) is 16.6 Å². The van der Waals surface area contributed by atoms with Gasteiger partial charge in [-0.15, -0.1) is 0 Å². The molecule has 128 valence electrons. The topological polar surface area (TPSA) is 73.6 Å². The van der Waals surface area contributed by atoms with E-state index >= 15 is 0 Å². The van der Waals surface area contributed by atoms with Gasteiger partial charge in [0.1, 0.15) is 15.8 Å². The Kier molecular flexibility index (Phi) is 5.06. The lowest BCUT2D eigenvalue weighted by Crippen LogP contribution is -2.33. The molecule has 0 atom stereocenters. The van der Waals surface area contributed by atoms with Gasteiger partial charge in [0.15, 0.2) is 0 Å². The molecule has 0 bridgehead atoms. The number of carboxylic acid groups (broad SMARTS) is 1. The minimum absolute atomic E-state index is 0.0110. The van der Waals surface area contributed by atoms with Crippen LogP contribution in [0.25, 0.3) is 17.4 Å². The van der Waals surface area contributed by atoms with Gasteiger partial charge in [-0.05, 0) is 19.1 Å². The molecular formula is C18H14NO4S2-. The molecule has 1 aliphatic heterocycles. The lowest BCUT2D eigenvalue weighted by Gasteiger charge is -2.14. The van der Waals surface area contributed by atoms with Crippen molar-refractivity contribution in [2.24, 2.45) is 0 Å². The summed E-state index contributed by atoms with van der Waals surface area (Å²) >= 11 is 6.27. The molecule has 1 aliphatic rings. The van der Waals surface area contributed by atoms with E-state index < -0.39 is 5.97 Å². The number of aryl methyl sites for hydroxylation is 1. The lowest BCUT2D eigenvalue weighted by molar-refractivity contribution is -0.305. The van der Waals surface area contributed by atoms with Gasteiger partial charge in [-0.2, -0.15) is 0 Å². The highest BCUT2D eigenvalue weighted by Gasteiger charge is 2.31. The second kappa shape index (κ2) is 7.25. The van der Waals surface area contributed by atoms with E-state index in [-0.39, 0.29) is 18.9 Å². The number of hydrogen-bond donors (Lipinski definition) is 0. The van der Waals surface area contributed by atoms with E-state index in [2.05, 4.69) is 0 Å². The van der Waals surface area contributed by atoms with Crippen LogP contribution in [0, 0.1) is 6.92 Å². The van der Waals surface area contributed by atoms with Crippen LogP contribution < -0.4 is 5.11 Å². The van der Waals surface area contributed by atoms with Gasteiger partial charge in [0, 0.05) is 30.6 Å². The second-order valence-corrected chi connectivity index (χ2v) is 7.20. The highest BCUT2D eigenvalue weighted by Crippen LogP contribution is 2.33. The molecule has 5 nitrogen and oxygen atoms in total. The van der Waals surface area contributed by atoms with Crippen LogP contribution in [-0.2, 0) is 9.59 Å². The maximum absolute atomic E-state index is 12.3. The van der Waals surface area contributed by atoms with Crippen molar-refractivity contribution in [1.29, 1.82) is 0 Å². The fourth-order valence-corrected chi connectivity index (χ4v) is 3.62. The summed E-state index contributed by atoms with van der Waals surface area (Å²) in [5.41, 5.74) is 2.11. The number of amides is 1. The number of aliphatic carboxylic acids is 1. The van der Waals surface area contributed by atoms with Crippen molar-refractivity contribution in [3.63, 3.8) is 0 Å². The average Bonchev–Trinajstić information content (AvgIpc) is 3.12. The fourth-order valence-electron chi connectivity index (χ4n) is 2.33. The summed E-state index contributed by atoms with van der Waals surface area (Å²) in [6.07, 6.45) is 1.37. The highest BCUT2D eigenvalue weighted by molar-refractivity contribution is 8.26. The van der Waals surface area contributed by atoms with E-state index in [9.17, 15) is 14.7 Å². The van der Waals surface area contributed by atoms with E-state index in [1.54, 1.807) is 12.1 Å². The molecule has 0 unspecified atom stereocenters. The van der Waals surface area contributed by atoms with E-state index in [0.717, 1.165) is 22.9 Å². The number of carbonyl (C=O) groups excluding carboxylic acids is 2. The lowest BCUT2D eigenvalue weighted by atomic mass is 10.1. The highest BCUT2D eigenvalue weighted by atomic mass is 32.2. The van der Waals surface area contributed by atoms with Gasteiger partial charge in [0.2, 0.25) is 0 Å². The largest absolute Gasteiger partial charge is 0.550 e. The maximum atomic E-state index is 12.3. The number of hydrogen-bond acceptors (Lipinski definition) is 6. The van der Waals surface area contributed by atoms with E-state index in [1.165, 1.54) is 4.90 Å². The first-order valence-corrected chi connectivity index (χ1v) is 8.78. The Bertz CT molecular complexity index is 867. The molecule has 0 aliphatic carbocycles. The number of carboxylic acids is 1. The van der Waals surface area contributed by atoms with Crippen molar-refractivity contribution < 1.29 is 19.1 Å². The molecule has 3 rings (SSSR count). The molecular weight excluding hydrogens is 358 g/mol. The van der Waals surface area contributed by atoms with Crippen LogP contribution in [0.4, 0.5) is 0 Å². The zero-order valence-corrected chi connectivity index (χ0v) is 15.0. The van der Waals surface area contributed by atoms with Gasteiger partial charge in [0.05, 0.1) is 4.91 Å². The number of carbonyl (C=O) groups is 2. The average molecular weight is 372 g/mol. The van der Waals surface area contributed by atoms with Gasteiger partial charge in [-0.3, -0.25) is 9.69 Å². The van der Waals surface area contributed by atoms with Crippen LogP contribution >= 0.6 is 24.0 Å². The maximum Gasteiger partial charge on any atom is 0.266 e. The van der Waals surface area contributed by atoms with Crippen LogP contribution in [0.1, 0.15) is 17.7 Å². The molecule has 1 fully saturated rings. The van der Waals surface area contributed by atoms with Crippen LogP contribution in [0.3, 0.4) is 0 Å². The standard InChI is InChI=1S/C18H15NO4S2/c1-11-2-4-12(5-3-11)14-7-6-13(23-14)10-15-17(22)19(18(24)25-15)9-8-16(20)21/h2-7,10H,8-9H2,1H3,(H,20,21)/p-1/b15-10-. The van der Waals surface area contributed by atoms with Crippen LogP contribution in [0.2, 0.25) is 0 Å². The number of thiocarbonyl (C=S) groups is 1. The molecule has 1 aromatic carbocycles. The summed E-state index contributed by atoms with van der Waals surface area (Å²) in [6, 6.07) is 11.6. The minimum atomic E-state index is -1.22. The fraction of sp³-hybridized carbons (Fsp3) is 0.167. The van der Waals surface area contributed by atoms with Gasteiger partial charge in [-0.1, -0.05) is 53.8 Å². The molecule has 2 heterocycles. The van der Waals surface area contributed by atoms with Gasteiger partial charge >= 0.3 is 0 Å². The zero-order valence-electron chi connectivity index (χ0n) is 13.4. The van der Waals surface area contributed by atoms with Crippen molar-refractivity contribution >= 4 is 46.3 Å². The molecule has 0 N–H and O–H groups in total. The second-order valence-electron chi connectivity index (χ2n) is 5.52. The van der Waals surface area contributed by atoms with Gasteiger partial charge < -0.3 is 14.3 Å². The van der Waals surface area contributed by atoms with Crippen molar-refractivity contribution in [2.75, 3.05) is 6.54 Å². The molecule has 7 heteroatoms. The molecule has 2 aromatic rings. The summed E-state index contributed by atoms with van der Waals surface area (Å²) in [5.74, 6) is -0.286. The zero-order chi connectivity index (χ0) is 18.0. The van der Waals surface area contributed by atoms with Crippen LogP contribution in [0.5, 0.6) is 0 Å². The summed E-state index contributed by atoms with van der Waals surface area (Å²) in [4.78, 5) is 24.6. The Morgan fingerprint density at radius 2 is 2.00 bits per heavy atom. The number of rotatable bonds is 5. The minimum Gasteiger partial charge on any atom is -0.550 e. The molecule has 25 heavy (non-hydrogen) atoms. The smallest absolute Gasteiger partial charge is 0.266 e. The third-order valence-electron chi connectivity index (χ3n) is 3.65. The normalized spacial score (nSPS) is 16.0. The van der Waals surface area contributed by atoms with Crippen molar-refractivity contribution in [3.8, 4) is 11.3 Å². The molecule has 1 aromatic heterocycles. The van der Waals surface area contributed by atoms with Gasteiger partial charge in [-0.25, -0.2) is 0 Å². The predicted molar refractivity (Wildman–Crippen MR) is 98.4 cm³/mol. The number of benzene rings is 1. The SMILES string of the molecule is Cc1ccc(-c2ccc(/C=C3\SC(=S)N(CCC(=O)[O-])C3=O)o2)cc1. The van der Waals surface area contributed by atoms with Crippen molar-refractivity contribution in [2.45, 2.75) is 13.3 Å². The van der Waals surface area contributed by atoms with E-state index in [1.807, 2.05) is 37.3 Å². The number of thioether (sulfide) groups is 1. The Morgan fingerprint density at radius 3 is 2.68 bits per heavy atom. The summed E-state index contributed by atoms with van der Waals surface area (Å²) < 4.78 is 6.12. The Labute approximate surface area is 154 Å². The third kappa shape index (κ3) is 4.00. The third-order valence-corrected chi connectivity index (χ3v) is 5.03. The first-order valence-electron chi connectivity index (χ1n) is 7.56. The summed E-state index contributed by atoms with van der Waals surface area (Å²) in [7, 11) is 0. The van der Waals surface area contributed by atoms with E-state index in [0.29, 0.717) is 20.7 Å². The molecule has 1 amide bonds. The summed E-state index contributed by atoms with van der Waals surface area (Å²) in [5, 5.41) is 10.6. The Balaban J connectivity index is 1.77. The van der Waals surface area contributed by atoms with Crippen molar-refractivity contribution in [1.82, 2.24) is 4.90 Å². The molecule has 0 saturated carbocycles. The number of furan rings is 1. The van der Waals surface area contributed by atoms with Gasteiger partial charge in [0.25, 0.3) is 5.91 Å². The molecule has 0 spiro atoms. The monoisotopic (exact) mass is 372 g/mol.